The third-order valence-electron chi connectivity index (χ3n) is 1.90. The summed E-state index contributed by atoms with van der Waals surface area (Å²) < 4.78 is 123. The highest BCUT2D eigenvalue weighted by molar-refractivity contribution is 5.78. The van der Waals surface area contributed by atoms with Gasteiger partial charge < -0.3 is 14.6 Å². The van der Waals surface area contributed by atoms with Crippen molar-refractivity contribution in [3.63, 3.8) is 0 Å². The first kappa shape index (κ1) is 24.9. The van der Waals surface area contributed by atoms with Crippen molar-refractivity contribution in [2.45, 2.75) is 44.3 Å². The summed E-state index contributed by atoms with van der Waals surface area (Å²) in [6, 6.07) is 0. The third-order valence-corrected chi connectivity index (χ3v) is 1.90. The summed E-state index contributed by atoms with van der Waals surface area (Å²) in [5.41, 5.74) is 0. The Bertz CT molecular complexity index is 390. The lowest BCUT2D eigenvalue weighted by Crippen LogP contribution is -2.48. The number of ether oxygens (including phenoxy) is 2. The molecular weight excluding hydrogens is 374 g/mol. The van der Waals surface area contributed by atoms with E-state index in [2.05, 4.69) is 9.47 Å². The van der Waals surface area contributed by atoms with Crippen LogP contribution in [-0.4, -0.2) is 54.8 Å². The molecule has 146 valence electrons. The van der Waals surface area contributed by atoms with Crippen molar-refractivity contribution < 1.29 is 63.3 Å². The zero-order valence-electron chi connectivity index (χ0n) is 11.9. The van der Waals surface area contributed by atoms with E-state index in [1.807, 2.05) is 0 Å². The van der Waals surface area contributed by atoms with Crippen LogP contribution in [0.4, 0.5) is 43.9 Å². The first-order chi connectivity index (χ1) is 10.5. The lowest BCUT2D eigenvalue weighted by atomic mass is 10.3. The topological polar surface area (TPSA) is 55.8 Å². The van der Waals surface area contributed by atoms with Crippen LogP contribution < -0.4 is 0 Å². The molecule has 0 aliphatic heterocycles. The average Bonchev–Trinajstić information content (AvgIpc) is 2.37. The zero-order valence-corrected chi connectivity index (χ0v) is 11.9. The van der Waals surface area contributed by atoms with E-state index < -0.39 is 49.7 Å². The summed E-state index contributed by atoms with van der Waals surface area (Å²) in [6.45, 7) is 1.37. The molecule has 1 N–H and O–H groups in total. The number of carbonyl (C=O) groups excluding carboxylic acids is 1. The molecule has 14 heteroatoms. The van der Waals surface area contributed by atoms with E-state index in [4.69, 9.17) is 5.11 Å². The number of carbonyl (C=O) groups is 1. The SMILES string of the molecule is CCOC(=O)C(F)(F)C(F)(F)F.CCOC(O)C(F)(F)C(F)(F)F. The maximum atomic E-state index is 12.0. The number of rotatable bonds is 5. The molecule has 0 aromatic carbocycles. The molecule has 0 radical (unpaired) electrons. The molecule has 0 aliphatic carbocycles. The number of hydrogen-bond donors (Lipinski definition) is 1. The molecule has 0 aromatic heterocycles. The second-order valence-corrected chi connectivity index (χ2v) is 3.72. The predicted molar refractivity (Wildman–Crippen MR) is 56.3 cm³/mol. The van der Waals surface area contributed by atoms with Crippen molar-refractivity contribution in [2.24, 2.45) is 0 Å². The summed E-state index contributed by atoms with van der Waals surface area (Å²) in [4.78, 5) is 10.0. The van der Waals surface area contributed by atoms with Crippen LogP contribution in [0.3, 0.4) is 0 Å². The summed E-state index contributed by atoms with van der Waals surface area (Å²) in [7, 11) is 0. The van der Waals surface area contributed by atoms with Gasteiger partial charge >= 0.3 is 30.2 Å². The molecule has 0 bridgehead atoms. The van der Waals surface area contributed by atoms with Gasteiger partial charge in [0, 0.05) is 6.61 Å². The Hall–Kier alpha value is -1.31. The van der Waals surface area contributed by atoms with Gasteiger partial charge in [0.1, 0.15) is 0 Å². The second kappa shape index (κ2) is 8.69. The van der Waals surface area contributed by atoms with Crippen LogP contribution in [-0.2, 0) is 14.3 Å². The molecule has 1 unspecified atom stereocenters. The van der Waals surface area contributed by atoms with Crippen molar-refractivity contribution in [1.29, 1.82) is 0 Å². The van der Waals surface area contributed by atoms with Gasteiger partial charge in [-0.3, -0.25) is 0 Å². The van der Waals surface area contributed by atoms with E-state index in [-0.39, 0.29) is 0 Å². The fraction of sp³-hybridized carbons (Fsp3) is 0.900. The Kier molecular flexibility index (Phi) is 9.03. The smallest absolute Gasteiger partial charge is 0.461 e. The maximum Gasteiger partial charge on any atom is 0.465 e. The highest BCUT2D eigenvalue weighted by atomic mass is 19.4. The van der Waals surface area contributed by atoms with E-state index in [0.29, 0.717) is 0 Å². The predicted octanol–water partition coefficient (Wildman–Crippen LogP) is 3.29. The molecule has 0 saturated heterocycles. The van der Waals surface area contributed by atoms with Crippen molar-refractivity contribution in [3.8, 4) is 0 Å². The van der Waals surface area contributed by atoms with Crippen LogP contribution >= 0.6 is 0 Å². The molecule has 0 heterocycles. The summed E-state index contributed by atoms with van der Waals surface area (Å²) >= 11 is 0. The number of alkyl halides is 10. The van der Waals surface area contributed by atoms with Crippen molar-refractivity contribution in [1.82, 2.24) is 0 Å². The summed E-state index contributed by atoms with van der Waals surface area (Å²) in [5, 5.41) is 8.22. The van der Waals surface area contributed by atoms with Crippen molar-refractivity contribution in [2.75, 3.05) is 13.2 Å². The Morgan fingerprint density at radius 3 is 1.54 bits per heavy atom. The number of aliphatic hydroxyl groups is 1. The monoisotopic (exact) mass is 386 g/mol. The van der Waals surface area contributed by atoms with Crippen LogP contribution in [0.5, 0.6) is 0 Å². The largest absolute Gasteiger partial charge is 0.465 e. The Morgan fingerprint density at radius 2 is 1.29 bits per heavy atom. The minimum Gasteiger partial charge on any atom is -0.461 e. The first-order valence-electron chi connectivity index (χ1n) is 5.82. The van der Waals surface area contributed by atoms with E-state index in [1.54, 1.807) is 0 Å². The van der Waals surface area contributed by atoms with Crippen LogP contribution in [0.25, 0.3) is 0 Å². The summed E-state index contributed by atoms with van der Waals surface area (Å²) in [6.07, 6.45) is -14.8. The minimum atomic E-state index is -5.89. The minimum absolute atomic E-state index is 0.424. The highest BCUT2D eigenvalue weighted by Gasteiger charge is 2.65. The maximum absolute atomic E-state index is 12.0. The molecule has 0 saturated carbocycles. The Morgan fingerprint density at radius 1 is 0.875 bits per heavy atom. The van der Waals surface area contributed by atoms with E-state index in [0.717, 1.165) is 6.92 Å². The molecule has 0 amide bonds. The fourth-order valence-corrected chi connectivity index (χ4v) is 0.740. The van der Waals surface area contributed by atoms with Gasteiger partial charge in [-0.15, -0.1) is 0 Å². The van der Waals surface area contributed by atoms with Crippen molar-refractivity contribution >= 4 is 5.97 Å². The van der Waals surface area contributed by atoms with E-state index >= 15 is 0 Å². The van der Waals surface area contributed by atoms with Crippen LogP contribution in [0.2, 0.25) is 0 Å². The van der Waals surface area contributed by atoms with Crippen LogP contribution in [0.1, 0.15) is 13.8 Å². The molecule has 0 aromatic rings. The number of aliphatic hydroxyl groups excluding tert-OH is 1. The molecule has 0 fully saturated rings. The molecule has 24 heavy (non-hydrogen) atoms. The average molecular weight is 386 g/mol. The first-order valence-corrected chi connectivity index (χ1v) is 5.82. The normalized spacial score (nSPS) is 14.5. The lowest BCUT2D eigenvalue weighted by Gasteiger charge is -2.23. The van der Waals surface area contributed by atoms with Gasteiger partial charge in [0.25, 0.3) is 0 Å². The number of hydrogen-bond acceptors (Lipinski definition) is 4. The molecule has 0 rings (SSSR count). The van der Waals surface area contributed by atoms with Crippen LogP contribution in [0, 0.1) is 0 Å². The van der Waals surface area contributed by atoms with Gasteiger partial charge in [-0.1, -0.05) is 0 Å². The van der Waals surface area contributed by atoms with Crippen molar-refractivity contribution in [3.05, 3.63) is 0 Å². The molecule has 4 nitrogen and oxygen atoms in total. The fourth-order valence-electron chi connectivity index (χ4n) is 0.740. The second-order valence-electron chi connectivity index (χ2n) is 3.72. The molecular formula is C10H12F10O4. The summed E-state index contributed by atoms with van der Waals surface area (Å²) in [5.74, 6) is -13.2. The lowest BCUT2D eigenvalue weighted by molar-refractivity contribution is -0.355. The van der Waals surface area contributed by atoms with E-state index in [9.17, 15) is 48.7 Å². The molecule has 0 spiro atoms. The van der Waals surface area contributed by atoms with Gasteiger partial charge in [-0.2, -0.15) is 43.9 Å². The van der Waals surface area contributed by atoms with Gasteiger partial charge in [0.2, 0.25) is 6.29 Å². The van der Waals surface area contributed by atoms with Gasteiger partial charge in [-0.25, -0.2) is 4.79 Å². The highest BCUT2D eigenvalue weighted by Crippen LogP contribution is 2.38. The van der Waals surface area contributed by atoms with E-state index in [1.165, 1.54) is 6.92 Å². The Balaban J connectivity index is 0. The van der Waals surface area contributed by atoms with Gasteiger partial charge in [0.05, 0.1) is 6.61 Å². The zero-order chi connectivity index (χ0) is 20.0. The van der Waals surface area contributed by atoms with Crippen LogP contribution in [0.15, 0.2) is 0 Å². The third kappa shape index (κ3) is 6.67. The number of esters is 1. The quantitative estimate of drug-likeness (QED) is 0.448. The molecule has 1 atom stereocenters. The van der Waals surface area contributed by atoms with Gasteiger partial charge in [0.15, 0.2) is 0 Å². The standard InChI is InChI=1S/C5H7F5O2.C5H5F5O2/c2*1-2-12-3(11)4(6,7)5(8,9)10/h3,11H,2H2,1H3;2H2,1H3. The molecule has 0 aliphatic rings. The van der Waals surface area contributed by atoms with Gasteiger partial charge in [-0.05, 0) is 13.8 Å². The number of halogens is 10. The Labute approximate surface area is 128 Å².